The first-order chi connectivity index (χ1) is 13.8. The van der Waals surface area contributed by atoms with Gasteiger partial charge in [-0.15, -0.1) is 24.8 Å². The minimum Gasteiger partial charge on any atom is -0.351 e. The maximum Gasteiger partial charge on any atom is 0.237 e. The Morgan fingerprint density at radius 1 is 1.10 bits per heavy atom. The van der Waals surface area contributed by atoms with Gasteiger partial charge in [-0.25, -0.2) is 4.98 Å². The number of carbonyl (C=O) groups excluding carboxylic acids is 1. The van der Waals surface area contributed by atoms with Gasteiger partial charge in [0, 0.05) is 25.5 Å². The third kappa shape index (κ3) is 6.08. The van der Waals surface area contributed by atoms with Crippen molar-refractivity contribution >= 4 is 30.7 Å². The highest BCUT2D eigenvalue weighted by molar-refractivity contribution is 5.85. The summed E-state index contributed by atoms with van der Waals surface area (Å²) in [7, 11) is 0. The van der Waals surface area contributed by atoms with Crippen LogP contribution >= 0.6 is 24.8 Å². The molecule has 3 aromatic rings. The summed E-state index contributed by atoms with van der Waals surface area (Å²) in [6.07, 6.45) is 8.78. The molecule has 0 radical (unpaired) electrons. The van der Waals surface area contributed by atoms with Crippen LogP contribution < -0.4 is 10.6 Å². The largest absolute Gasteiger partial charge is 0.351 e. The van der Waals surface area contributed by atoms with Gasteiger partial charge in [0.25, 0.3) is 0 Å². The van der Waals surface area contributed by atoms with Gasteiger partial charge in [0.05, 0.1) is 12.4 Å². The Hall–Kier alpha value is -2.34. The molecule has 1 aliphatic heterocycles. The lowest BCUT2D eigenvalue weighted by atomic mass is 9.98. The summed E-state index contributed by atoms with van der Waals surface area (Å²) >= 11 is 0. The molecule has 2 N–H and O–H groups in total. The number of nitrogens with zero attached hydrogens (tertiary/aromatic N) is 2. The number of hydrogen-bond acceptors (Lipinski definition) is 3. The lowest BCUT2D eigenvalue weighted by molar-refractivity contribution is -0.123. The van der Waals surface area contributed by atoms with E-state index in [1.54, 1.807) is 6.20 Å². The van der Waals surface area contributed by atoms with Crippen LogP contribution in [0.4, 0.5) is 0 Å². The van der Waals surface area contributed by atoms with Crippen molar-refractivity contribution in [2.45, 2.75) is 38.4 Å². The maximum absolute atomic E-state index is 12.4. The van der Waals surface area contributed by atoms with Crippen LogP contribution in [0, 0.1) is 0 Å². The number of piperidine rings is 1. The Labute approximate surface area is 190 Å². The zero-order valence-electron chi connectivity index (χ0n) is 16.8. The molecule has 0 aliphatic carbocycles. The molecule has 1 atom stereocenters. The van der Waals surface area contributed by atoms with E-state index < -0.39 is 0 Å². The molecule has 5 nitrogen and oxygen atoms in total. The van der Waals surface area contributed by atoms with Gasteiger partial charge in [0.15, 0.2) is 0 Å². The molecule has 1 saturated heterocycles. The number of halogens is 2. The maximum atomic E-state index is 12.4. The lowest BCUT2D eigenvalue weighted by Crippen LogP contribution is -2.46. The molecule has 0 saturated carbocycles. The molecular formula is C23H28Cl2N4O. The molecule has 4 rings (SSSR count). The molecule has 1 aliphatic rings. The molecule has 7 heteroatoms. The van der Waals surface area contributed by atoms with Gasteiger partial charge in [0.1, 0.15) is 0 Å². The van der Waals surface area contributed by atoms with Crippen LogP contribution in [-0.2, 0) is 17.9 Å². The SMILES string of the molecule is Cl.Cl.O=C(NCc1ccccc1-c1ccc(Cn2ccnc2)cc1)[C@H]1CCCCN1. The first-order valence-corrected chi connectivity index (χ1v) is 9.94. The average molecular weight is 447 g/mol. The highest BCUT2D eigenvalue weighted by Gasteiger charge is 2.20. The molecular weight excluding hydrogens is 419 g/mol. The van der Waals surface area contributed by atoms with Crippen LogP contribution in [0.1, 0.15) is 30.4 Å². The highest BCUT2D eigenvalue weighted by atomic mass is 35.5. The fourth-order valence-electron chi connectivity index (χ4n) is 3.72. The lowest BCUT2D eigenvalue weighted by Gasteiger charge is -2.22. The molecule has 0 unspecified atom stereocenters. The summed E-state index contributed by atoms with van der Waals surface area (Å²) < 4.78 is 2.05. The third-order valence-electron chi connectivity index (χ3n) is 5.29. The highest BCUT2D eigenvalue weighted by Crippen LogP contribution is 2.24. The van der Waals surface area contributed by atoms with E-state index in [-0.39, 0.29) is 36.8 Å². The molecule has 0 bridgehead atoms. The Bertz CT molecular complexity index is 907. The van der Waals surface area contributed by atoms with Gasteiger partial charge >= 0.3 is 0 Å². The molecule has 1 fully saturated rings. The zero-order chi connectivity index (χ0) is 19.2. The van der Waals surface area contributed by atoms with E-state index in [4.69, 9.17) is 0 Å². The van der Waals surface area contributed by atoms with Gasteiger partial charge in [-0.1, -0.05) is 55.0 Å². The molecule has 1 aromatic heterocycles. The smallest absolute Gasteiger partial charge is 0.237 e. The van der Waals surface area contributed by atoms with E-state index in [2.05, 4.69) is 56.6 Å². The van der Waals surface area contributed by atoms with Crippen LogP contribution in [0.3, 0.4) is 0 Å². The van der Waals surface area contributed by atoms with Gasteiger partial charge in [0.2, 0.25) is 5.91 Å². The van der Waals surface area contributed by atoms with E-state index in [1.165, 1.54) is 5.56 Å². The van der Waals surface area contributed by atoms with E-state index in [1.807, 2.05) is 24.7 Å². The van der Waals surface area contributed by atoms with Crippen LogP contribution in [0.15, 0.2) is 67.3 Å². The summed E-state index contributed by atoms with van der Waals surface area (Å²) in [5.74, 6) is 0.102. The molecule has 0 spiro atoms. The number of hydrogen-bond donors (Lipinski definition) is 2. The number of amides is 1. The number of imidazole rings is 1. The van der Waals surface area contributed by atoms with Crippen molar-refractivity contribution in [3.63, 3.8) is 0 Å². The van der Waals surface area contributed by atoms with Crippen molar-refractivity contribution in [3.8, 4) is 11.1 Å². The van der Waals surface area contributed by atoms with Gasteiger partial charge < -0.3 is 15.2 Å². The van der Waals surface area contributed by atoms with Crippen molar-refractivity contribution in [2.24, 2.45) is 0 Å². The standard InChI is InChI=1S/C23H26N4O.2ClH/c28-23(22-7-3-4-12-25-22)26-15-20-5-1-2-6-21(20)19-10-8-18(9-11-19)16-27-14-13-24-17-27;;/h1-2,5-6,8-11,13-14,17,22,25H,3-4,7,12,15-16H2,(H,26,28);2*1H/t22-;;/m1../s1. The summed E-state index contributed by atoms with van der Waals surface area (Å²) in [6, 6.07) is 16.8. The number of benzene rings is 2. The minimum absolute atomic E-state index is 0. The number of rotatable bonds is 6. The van der Waals surface area contributed by atoms with Crippen molar-refractivity contribution in [3.05, 3.63) is 78.4 Å². The Kier molecular flexibility index (Phi) is 9.37. The van der Waals surface area contributed by atoms with Crippen molar-refractivity contribution in [1.29, 1.82) is 0 Å². The first kappa shape index (κ1) is 23.9. The third-order valence-corrected chi connectivity index (χ3v) is 5.29. The van der Waals surface area contributed by atoms with Crippen LogP contribution in [0.2, 0.25) is 0 Å². The number of carbonyl (C=O) groups is 1. The van der Waals surface area contributed by atoms with Crippen LogP contribution in [-0.4, -0.2) is 28.0 Å². The van der Waals surface area contributed by atoms with Gasteiger partial charge in [-0.05, 0) is 41.6 Å². The predicted octanol–water partition coefficient (Wildman–Crippen LogP) is 4.20. The second kappa shape index (κ2) is 11.7. The van der Waals surface area contributed by atoms with Gasteiger partial charge in [-0.3, -0.25) is 4.79 Å². The monoisotopic (exact) mass is 446 g/mol. The van der Waals surface area contributed by atoms with E-state index >= 15 is 0 Å². The second-order valence-corrected chi connectivity index (χ2v) is 7.31. The van der Waals surface area contributed by atoms with Crippen molar-refractivity contribution in [1.82, 2.24) is 20.2 Å². The zero-order valence-corrected chi connectivity index (χ0v) is 18.4. The number of aromatic nitrogens is 2. The Morgan fingerprint density at radius 2 is 1.90 bits per heavy atom. The summed E-state index contributed by atoms with van der Waals surface area (Å²) in [5.41, 5.74) is 4.69. The van der Waals surface area contributed by atoms with E-state index in [0.29, 0.717) is 6.54 Å². The summed E-state index contributed by atoms with van der Waals surface area (Å²) in [4.78, 5) is 16.5. The second-order valence-electron chi connectivity index (χ2n) is 7.31. The van der Waals surface area contributed by atoms with Crippen molar-refractivity contribution < 1.29 is 4.79 Å². The van der Waals surface area contributed by atoms with Gasteiger partial charge in [-0.2, -0.15) is 0 Å². The topological polar surface area (TPSA) is 59.0 Å². The van der Waals surface area contributed by atoms with Crippen molar-refractivity contribution in [2.75, 3.05) is 6.54 Å². The van der Waals surface area contributed by atoms with E-state index in [0.717, 1.165) is 49.0 Å². The van der Waals surface area contributed by atoms with Crippen LogP contribution in [0.5, 0.6) is 0 Å². The molecule has 2 aromatic carbocycles. The molecule has 1 amide bonds. The number of nitrogens with one attached hydrogen (secondary N) is 2. The fraction of sp³-hybridized carbons (Fsp3) is 0.304. The molecule has 2 heterocycles. The van der Waals surface area contributed by atoms with Crippen LogP contribution in [0.25, 0.3) is 11.1 Å². The summed E-state index contributed by atoms with van der Waals surface area (Å²) in [6.45, 7) is 2.29. The Morgan fingerprint density at radius 3 is 2.60 bits per heavy atom. The average Bonchev–Trinajstić information content (AvgIpc) is 3.26. The quantitative estimate of drug-likeness (QED) is 0.596. The first-order valence-electron chi connectivity index (χ1n) is 9.94. The molecule has 160 valence electrons. The minimum atomic E-state index is -0.0524. The Balaban J connectivity index is 0.00000160. The molecule has 30 heavy (non-hydrogen) atoms. The predicted molar refractivity (Wildman–Crippen MR) is 125 cm³/mol. The normalized spacial score (nSPS) is 15.5. The fourth-order valence-corrected chi connectivity index (χ4v) is 3.72. The van der Waals surface area contributed by atoms with E-state index in [9.17, 15) is 4.79 Å². The summed E-state index contributed by atoms with van der Waals surface area (Å²) in [5, 5.41) is 6.42.